The number of hydrogen-bond acceptors (Lipinski definition) is 6. The van der Waals surface area contributed by atoms with E-state index < -0.39 is 12.2 Å². The molecule has 1 fully saturated rings. The van der Waals surface area contributed by atoms with Crippen molar-refractivity contribution in [1.82, 2.24) is 9.97 Å². The first-order valence-electron chi connectivity index (χ1n) is 9.66. The summed E-state index contributed by atoms with van der Waals surface area (Å²) in [5.74, 6) is 1.48. The van der Waals surface area contributed by atoms with Crippen LogP contribution in [0.2, 0.25) is 0 Å². The Kier molecular flexibility index (Phi) is 4.56. The molecule has 27 heavy (non-hydrogen) atoms. The fraction of sp³-hybridized carbons (Fsp3) is 0.524. The van der Waals surface area contributed by atoms with Crippen molar-refractivity contribution in [2.75, 3.05) is 10.6 Å². The van der Waals surface area contributed by atoms with E-state index in [0.717, 1.165) is 12.2 Å². The van der Waals surface area contributed by atoms with Gasteiger partial charge in [-0.2, -0.15) is 0 Å². The largest absolute Gasteiger partial charge is 0.390 e. The van der Waals surface area contributed by atoms with Gasteiger partial charge in [-0.15, -0.1) is 0 Å². The van der Waals surface area contributed by atoms with Gasteiger partial charge in [0.2, 0.25) is 0 Å². The van der Waals surface area contributed by atoms with Gasteiger partial charge in [0.25, 0.3) is 0 Å². The number of aliphatic hydroxyl groups is 2. The zero-order valence-electron chi connectivity index (χ0n) is 16.1. The molecule has 0 unspecified atom stereocenters. The summed E-state index contributed by atoms with van der Waals surface area (Å²) in [6, 6.07) is 10.4. The number of hydrogen-bond donors (Lipinski definition) is 4. The van der Waals surface area contributed by atoms with E-state index >= 15 is 0 Å². The van der Waals surface area contributed by atoms with E-state index in [-0.39, 0.29) is 23.4 Å². The van der Waals surface area contributed by atoms with Crippen LogP contribution < -0.4 is 10.6 Å². The van der Waals surface area contributed by atoms with Gasteiger partial charge >= 0.3 is 0 Å². The summed E-state index contributed by atoms with van der Waals surface area (Å²) in [6.45, 7) is 6.49. The molecule has 4 rings (SSSR count). The van der Waals surface area contributed by atoms with Gasteiger partial charge in [0, 0.05) is 6.07 Å². The van der Waals surface area contributed by atoms with Gasteiger partial charge in [-0.05, 0) is 35.3 Å². The number of nitrogens with zero attached hydrogens (tertiary/aromatic N) is 2. The summed E-state index contributed by atoms with van der Waals surface area (Å²) >= 11 is 0. The van der Waals surface area contributed by atoms with Gasteiger partial charge in [-0.1, -0.05) is 45.0 Å². The molecule has 0 bridgehead atoms. The lowest BCUT2D eigenvalue weighted by Gasteiger charge is -2.21. The SMILES string of the molecule is C[C@@H]1C[C@@H](Nc2cc(N[C@H]3CC(C)(C)c4ccccc43)ncn2)[C@H](O)[C@@H]1O. The van der Waals surface area contributed by atoms with Crippen molar-refractivity contribution in [3.8, 4) is 0 Å². The normalized spacial score (nSPS) is 31.5. The molecule has 1 aromatic carbocycles. The molecule has 6 nitrogen and oxygen atoms in total. The molecule has 0 spiro atoms. The molecule has 0 radical (unpaired) electrons. The van der Waals surface area contributed by atoms with Gasteiger partial charge in [-0.25, -0.2) is 9.97 Å². The molecule has 6 heteroatoms. The minimum absolute atomic E-state index is 0.0640. The second-order valence-corrected chi connectivity index (χ2v) is 8.61. The molecule has 0 aliphatic heterocycles. The molecule has 2 aliphatic rings. The van der Waals surface area contributed by atoms with Crippen molar-refractivity contribution in [3.63, 3.8) is 0 Å². The molecular weight excluding hydrogens is 340 g/mol. The van der Waals surface area contributed by atoms with Gasteiger partial charge in [0.1, 0.15) is 24.1 Å². The van der Waals surface area contributed by atoms with Crippen molar-refractivity contribution in [2.45, 2.75) is 63.3 Å². The number of benzene rings is 1. The number of anilines is 2. The Morgan fingerprint density at radius 1 is 1.04 bits per heavy atom. The number of fused-ring (bicyclic) bond motifs is 1. The monoisotopic (exact) mass is 368 g/mol. The average Bonchev–Trinajstić information content (AvgIpc) is 3.03. The molecule has 1 aromatic heterocycles. The summed E-state index contributed by atoms with van der Waals surface area (Å²) in [5, 5.41) is 26.9. The maximum atomic E-state index is 10.2. The van der Waals surface area contributed by atoms with Crippen LogP contribution in [0, 0.1) is 5.92 Å². The smallest absolute Gasteiger partial charge is 0.131 e. The maximum Gasteiger partial charge on any atom is 0.131 e. The summed E-state index contributed by atoms with van der Waals surface area (Å²) in [4.78, 5) is 8.65. The highest BCUT2D eigenvalue weighted by Gasteiger charge is 2.39. The molecule has 2 aromatic rings. The molecule has 4 N–H and O–H groups in total. The molecule has 2 aliphatic carbocycles. The van der Waals surface area contributed by atoms with Crippen LogP contribution >= 0.6 is 0 Å². The third kappa shape index (κ3) is 3.39. The second-order valence-electron chi connectivity index (χ2n) is 8.61. The van der Waals surface area contributed by atoms with E-state index in [2.05, 4.69) is 58.7 Å². The highest BCUT2D eigenvalue weighted by atomic mass is 16.3. The van der Waals surface area contributed by atoms with Gasteiger partial charge in [0.15, 0.2) is 0 Å². The molecule has 1 saturated carbocycles. The predicted octanol–water partition coefficient (Wildman–Crippen LogP) is 2.85. The lowest BCUT2D eigenvalue weighted by Crippen LogP contribution is -2.35. The van der Waals surface area contributed by atoms with Gasteiger partial charge < -0.3 is 20.8 Å². The van der Waals surface area contributed by atoms with E-state index in [1.807, 2.05) is 13.0 Å². The standard InChI is InChI=1S/C21H28N4O2/c1-12-8-15(20(27)19(12)26)24-17-9-18(23-11-22-17)25-16-10-21(2,3)14-7-5-4-6-13(14)16/h4-7,9,11-12,15-16,19-20,26-27H,8,10H2,1-3H3,(H2,22,23,24,25)/t12-,15-,16+,19-,20+/m1/s1. The number of nitrogens with one attached hydrogen (secondary N) is 2. The van der Waals surface area contributed by atoms with Crippen LogP contribution in [0.25, 0.3) is 0 Å². The zero-order valence-corrected chi connectivity index (χ0v) is 16.1. The Labute approximate surface area is 160 Å². The lowest BCUT2D eigenvalue weighted by atomic mass is 9.86. The highest BCUT2D eigenvalue weighted by molar-refractivity contribution is 5.51. The molecule has 144 valence electrons. The molecule has 0 amide bonds. The van der Waals surface area contributed by atoms with Crippen molar-refractivity contribution in [1.29, 1.82) is 0 Å². The predicted molar refractivity (Wildman–Crippen MR) is 106 cm³/mol. The van der Waals surface area contributed by atoms with Crippen LogP contribution in [0.5, 0.6) is 0 Å². The van der Waals surface area contributed by atoms with E-state index in [9.17, 15) is 10.2 Å². The Balaban J connectivity index is 1.50. The average molecular weight is 368 g/mol. The second kappa shape index (κ2) is 6.77. The van der Waals surface area contributed by atoms with Crippen LogP contribution in [-0.2, 0) is 5.41 Å². The zero-order chi connectivity index (χ0) is 19.2. The molecule has 1 heterocycles. The summed E-state index contributed by atoms with van der Waals surface area (Å²) in [6.07, 6.45) is 1.76. The number of rotatable bonds is 4. The third-order valence-corrected chi connectivity index (χ3v) is 6.07. The highest BCUT2D eigenvalue weighted by Crippen LogP contribution is 2.45. The van der Waals surface area contributed by atoms with Crippen molar-refractivity contribution in [2.24, 2.45) is 5.92 Å². The van der Waals surface area contributed by atoms with E-state index in [0.29, 0.717) is 12.2 Å². The van der Waals surface area contributed by atoms with Crippen LogP contribution in [0.15, 0.2) is 36.7 Å². The van der Waals surface area contributed by atoms with Crippen LogP contribution in [0.4, 0.5) is 11.6 Å². The first kappa shape index (κ1) is 18.2. The molecular formula is C21H28N4O2. The topological polar surface area (TPSA) is 90.3 Å². The molecule has 0 saturated heterocycles. The van der Waals surface area contributed by atoms with Crippen LogP contribution in [0.3, 0.4) is 0 Å². The van der Waals surface area contributed by atoms with E-state index in [1.54, 1.807) is 0 Å². The Hall–Kier alpha value is -2.18. The first-order valence-corrected chi connectivity index (χ1v) is 9.66. The minimum atomic E-state index is -0.783. The summed E-state index contributed by atoms with van der Waals surface area (Å²) in [5.41, 5.74) is 2.83. The summed E-state index contributed by atoms with van der Waals surface area (Å²) < 4.78 is 0. The number of aromatic nitrogens is 2. The summed E-state index contributed by atoms with van der Waals surface area (Å²) in [7, 11) is 0. The van der Waals surface area contributed by atoms with Crippen molar-refractivity contribution < 1.29 is 10.2 Å². The Bertz CT molecular complexity index is 825. The first-order chi connectivity index (χ1) is 12.8. The minimum Gasteiger partial charge on any atom is -0.390 e. The van der Waals surface area contributed by atoms with Crippen LogP contribution in [0.1, 0.15) is 50.8 Å². The Morgan fingerprint density at radius 2 is 1.74 bits per heavy atom. The molecule has 5 atom stereocenters. The maximum absolute atomic E-state index is 10.2. The Morgan fingerprint density at radius 3 is 2.44 bits per heavy atom. The fourth-order valence-corrected chi connectivity index (χ4v) is 4.56. The van der Waals surface area contributed by atoms with E-state index in [1.165, 1.54) is 17.5 Å². The fourth-order valence-electron chi connectivity index (χ4n) is 4.56. The van der Waals surface area contributed by atoms with Crippen molar-refractivity contribution in [3.05, 3.63) is 47.8 Å². The van der Waals surface area contributed by atoms with Gasteiger partial charge in [-0.3, -0.25) is 0 Å². The van der Waals surface area contributed by atoms with Gasteiger partial charge in [0.05, 0.1) is 18.2 Å². The quantitative estimate of drug-likeness (QED) is 0.663. The lowest BCUT2D eigenvalue weighted by molar-refractivity contribution is 0.0210. The number of aliphatic hydroxyl groups excluding tert-OH is 2. The third-order valence-electron chi connectivity index (χ3n) is 6.07. The van der Waals surface area contributed by atoms with Crippen molar-refractivity contribution >= 4 is 11.6 Å². The van der Waals surface area contributed by atoms with Crippen LogP contribution in [-0.4, -0.2) is 38.4 Å². The van der Waals surface area contributed by atoms with E-state index in [4.69, 9.17) is 0 Å².